The smallest absolute Gasteiger partial charge is 0.287 e. The van der Waals surface area contributed by atoms with E-state index in [1.807, 2.05) is 11.9 Å². The predicted molar refractivity (Wildman–Crippen MR) is 143 cm³/mol. The zero-order valence-corrected chi connectivity index (χ0v) is 22.4. The van der Waals surface area contributed by atoms with E-state index in [1.165, 1.54) is 6.07 Å². The summed E-state index contributed by atoms with van der Waals surface area (Å²) in [5, 5.41) is 40.6. The molecular weight excluding hydrogens is 494 g/mol. The molecule has 0 bridgehead atoms. The van der Waals surface area contributed by atoms with E-state index in [2.05, 4.69) is 10.2 Å². The van der Waals surface area contributed by atoms with E-state index in [9.17, 15) is 15.0 Å². The highest BCUT2D eigenvalue weighted by molar-refractivity contribution is 6.48. The van der Waals surface area contributed by atoms with Crippen molar-refractivity contribution >= 4 is 23.3 Å². The number of phenols is 2. The van der Waals surface area contributed by atoms with Crippen LogP contribution < -0.4 is 10.2 Å². The lowest BCUT2D eigenvalue weighted by molar-refractivity contribution is -0.115. The van der Waals surface area contributed by atoms with Gasteiger partial charge in [-0.1, -0.05) is 13.8 Å². The number of nitrogens with one attached hydrogen (secondary N) is 3. The highest BCUT2D eigenvalue weighted by Gasteiger charge is 2.29. The highest BCUT2D eigenvalue weighted by Crippen LogP contribution is 2.34. The third-order valence-electron chi connectivity index (χ3n) is 6.47. The Labute approximate surface area is 221 Å². The lowest BCUT2D eigenvalue weighted by Crippen LogP contribution is -2.47. The molecule has 3 rings (SSSR count). The van der Waals surface area contributed by atoms with Crippen molar-refractivity contribution in [1.82, 2.24) is 15.1 Å². The molecule has 11 heteroatoms. The molecule has 1 aliphatic rings. The van der Waals surface area contributed by atoms with Crippen LogP contribution in [0.15, 0.2) is 24.3 Å². The first-order valence-corrected chi connectivity index (χ1v) is 12.5. The zero-order valence-electron chi connectivity index (χ0n) is 22.4. The van der Waals surface area contributed by atoms with Crippen molar-refractivity contribution in [3.8, 4) is 11.5 Å². The Morgan fingerprint density at radius 2 is 1.58 bits per heavy atom. The van der Waals surface area contributed by atoms with Crippen LogP contribution in [0.2, 0.25) is 0 Å². The number of carbonyl (C=O) groups excluding carboxylic acids is 1. The first kappa shape index (κ1) is 29.0. The maximum absolute atomic E-state index is 15.3. The van der Waals surface area contributed by atoms with E-state index in [-0.39, 0.29) is 41.1 Å². The molecule has 2 aromatic carbocycles. The molecule has 0 aromatic heterocycles. The Kier molecular flexibility index (Phi) is 9.05. The van der Waals surface area contributed by atoms with Gasteiger partial charge in [-0.15, -0.1) is 0 Å². The lowest BCUT2D eigenvalue weighted by Gasteiger charge is -2.32. The number of hydrogen-bond donors (Lipinski definition) is 5. The van der Waals surface area contributed by atoms with Gasteiger partial charge in [0.25, 0.3) is 5.91 Å². The van der Waals surface area contributed by atoms with Crippen molar-refractivity contribution in [2.24, 2.45) is 0 Å². The van der Waals surface area contributed by atoms with E-state index in [4.69, 9.17) is 10.8 Å². The second kappa shape index (κ2) is 11.9. The van der Waals surface area contributed by atoms with Crippen molar-refractivity contribution in [1.29, 1.82) is 10.8 Å². The lowest BCUT2D eigenvalue weighted by atomic mass is 9.98. The average Bonchev–Trinajstić information content (AvgIpc) is 2.82. The van der Waals surface area contributed by atoms with E-state index in [1.54, 1.807) is 27.7 Å². The van der Waals surface area contributed by atoms with Gasteiger partial charge >= 0.3 is 0 Å². The fourth-order valence-corrected chi connectivity index (χ4v) is 4.27. The molecule has 1 saturated heterocycles. The minimum atomic E-state index is -0.869. The van der Waals surface area contributed by atoms with Crippen molar-refractivity contribution in [3.63, 3.8) is 0 Å². The number of nitrogens with zero attached hydrogens (tertiary/aromatic N) is 3. The summed E-state index contributed by atoms with van der Waals surface area (Å²) < 4.78 is 30.6. The molecule has 1 fully saturated rings. The van der Waals surface area contributed by atoms with Crippen LogP contribution in [0, 0.1) is 22.5 Å². The number of halogens is 2. The van der Waals surface area contributed by atoms with Crippen molar-refractivity contribution in [3.05, 3.63) is 52.6 Å². The SMILES string of the molecule is CC(C)NC(=O)C(=N)N(C(=N)c1cc(C(C)C)c(O)cc1O)c1cc(F)c(CN2CCN(C)CC2)c(F)c1. The van der Waals surface area contributed by atoms with E-state index < -0.39 is 35.0 Å². The molecule has 0 unspecified atom stereocenters. The second-order valence-electron chi connectivity index (χ2n) is 10.2. The zero-order chi connectivity index (χ0) is 28.3. The number of phenolic OH excluding ortho intramolecular Hbond substituents is 2. The summed E-state index contributed by atoms with van der Waals surface area (Å²) in [4.78, 5) is 17.6. The van der Waals surface area contributed by atoms with Crippen LogP contribution in [-0.2, 0) is 11.3 Å². The van der Waals surface area contributed by atoms with E-state index >= 15 is 8.78 Å². The number of amidine groups is 2. The van der Waals surface area contributed by atoms with Gasteiger partial charge in [0.15, 0.2) is 5.84 Å². The van der Waals surface area contributed by atoms with Crippen molar-refractivity contribution in [2.45, 2.75) is 46.2 Å². The molecule has 2 aromatic rings. The maximum atomic E-state index is 15.3. The molecule has 0 atom stereocenters. The van der Waals surface area contributed by atoms with Crippen LogP contribution in [0.25, 0.3) is 0 Å². The van der Waals surface area contributed by atoms with Gasteiger partial charge in [0.05, 0.1) is 11.3 Å². The molecule has 1 heterocycles. The monoisotopic (exact) mass is 530 g/mol. The topological polar surface area (TPSA) is 127 Å². The number of amides is 1. The molecule has 0 radical (unpaired) electrons. The number of anilines is 1. The Hall–Kier alpha value is -3.57. The van der Waals surface area contributed by atoms with Gasteiger partial charge in [0.1, 0.15) is 29.0 Å². The Morgan fingerprint density at radius 1 is 1.00 bits per heavy atom. The molecule has 206 valence electrons. The number of piperazine rings is 1. The number of aromatic hydroxyl groups is 2. The highest BCUT2D eigenvalue weighted by atomic mass is 19.1. The summed E-state index contributed by atoms with van der Waals surface area (Å²) in [6.07, 6.45) is 0. The molecular formula is C27H36F2N6O3. The number of carbonyl (C=O) groups is 1. The fraction of sp³-hybridized carbons (Fsp3) is 0.444. The Morgan fingerprint density at radius 3 is 2.11 bits per heavy atom. The molecule has 1 aliphatic heterocycles. The van der Waals surface area contributed by atoms with Gasteiger partial charge in [0, 0.05) is 50.4 Å². The van der Waals surface area contributed by atoms with Gasteiger partial charge < -0.3 is 20.4 Å². The summed E-state index contributed by atoms with van der Waals surface area (Å²) in [7, 11) is 1.98. The predicted octanol–water partition coefficient (Wildman–Crippen LogP) is 3.58. The summed E-state index contributed by atoms with van der Waals surface area (Å²) >= 11 is 0. The van der Waals surface area contributed by atoms with Crippen LogP contribution >= 0.6 is 0 Å². The minimum absolute atomic E-state index is 0.0605. The molecule has 0 saturated carbocycles. The number of rotatable bonds is 6. The van der Waals surface area contributed by atoms with Crippen molar-refractivity contribution < 1.29 is 23.8 Å². The molecule has 9 nitrogen and oxygen atoms in total. The molecule has 5 N–H and O–H groups in total. The van der Waals surface area contributed by atoms with Crippen LogP contribution in [0.5, 0.6) is 11.5 Å². The summed E-state index contributed by atoms with van der Waals surface area (Å²) in [6.45, 7) is 9.93. The number of likely N-dealkylation sites (N-methyl/N-ethyl adjacent to an activating group) is 1. The van der Waals surface area contributed by atoms with Crippen molar-refractivity contribution in [2.75, 3.05) is 38.1 Å². The van der Waals surface area contributed by atoms with Gasteiger partial charge in [-0.3, -0.25) is 25.4 Å². The molecule has 38 heavy (non-hydrogen) atoms. The largest absolute Gasteiger partial charge is 0.508 e. The Balaban J connectivity index is 2.06. The third kappa shape index (κ3) is 6.46. The third-order valence-corrected chi connectivity index (χ3v) is 6.47. The Bertz CT molecular complexity index is 1200. The normalized spacial score (nSPS) is 14.7. The van der Waals surface area contributed by atoms with Crippen LogP contribution in [0.3, 0.4) is 0 Å². The molecule has 1 amide bonds. The first-order chi connectivity index (χ1) is 17.8. The van der Waals surface area contributed by atoms with E-state index in [0.717, 1.165) is 36.2 Å². The fourth-order valence-electron chi connectivity index (χ4n) is 4.27. The number of hydrogen-bond acceptors (Lipinski definition) is 7. The van der Waals surface area contributed by atoms with Crippen LogP contribution in [-0.4, -0.2) is 76.9 Å². The van der Waals surface area contributed by atoms with Gasteiger partial charge in [-0.05, 0) is 50.6 Å². The standard InChI is InChI=1S/C27H36F2N6O3/c1-15(2)18-12-19(24(37)13-23(18)36)25(30)35(26(31)27(38)32-16(3)4)17-10-21(28)20(22(29)11-17)14-34-8-6-33(5)7-9-34/h10-13,15-16,30-31,36-37H,6-9,14H2,1-5H3,(H,32,38). The summed E-state index contributed by atoms with van der Waals surface area (Å²) in [5.74, 6) is -4.76. The molecule has 0 spiro atoms. The average molecular weight is 531 g/mol. The summed E-state index contributed by atoms with van der Waals surface area (Å²) in [5.41, 5.74) is -0.0939. The van der Waals surface area contributed by atoms with Gasteiger partial charge in [-0.25, -0.2) is 8.78 Å². The summed E-state index contributed by atoms with van der Waals surface area (Å²) in [6, 6.07) is 4.07. The van der Waals surface area contributed by atoms with E-state index in [0.29, 0.717) is 18.7 Å². The molecule has 0 aliphatic carbocycles. The first-order valence-electron chi connectivity index (χ1n) is 12.5. The quantitative estimate of drug-likeness (QED) is 0.287. The van der Waals surface area contributed by atoms with Crippen LogP contribution in [0.1, 0.15) is 50.3 Å². The van der Waals surface area contributed by atoms with Gasteiger partial charge in [-0.2, -0.15) is 0 Å². The van der Waals surface area contributed by atoms with Gasteiger partial charge in [0.2, 0.25) is 0 Å². The maximum Gasteiger partial charge on any atom is 0.287 e. The van der Waals surface area contributed by atoms with Crippen LogP contribution in [0.4, 0.5) is 14.5 Å². The number of benzene rings is 2. The minimum Gasteiger partial charge on any atom is -0.508 e. The second-order valence-corrected chi connectivity index (χ2v) is 10.2.